The number of aromatic amines is 1. The highest BCUT2D eigenvalue weighted by Crippen LogP contribution is 2.28. The molecule has 0 bridgehead atoms. The third-order valence-electron chi connectivity index (χ3n) is 3.37. The Morgan fingerprint density at radius 2 is 2.13 bits per heavy atom. The third kappa shape index (κ3) is 1.14. The lowest BCUT2D eigenvalue weighted by Crippen LogP contribution is -2.16. The number of rotatable bonds is 0. The van der Waals surface area contributed by atoms with E-state index in [-0.39, 0.29) is 5.56 Å². The Morgan fingerprint density at radius 3 is 3.00 bits per heavy atom. The summed E-state index contributed by atoms with van der Waals surface area (Å²) in [4.78, 5) is 14.6. The number of hydrogen-bond donors (Lipinski definition) is 1. The maximum Gasteiger partial charge on any atom is 0.251 e. The Hall–Kier alpha value is -1.57. The van der Waals surface area contributed by atoms with Gasteiger partial charge in [-0.2, -0.15) is 0 Å². The minimum atomic E-state index is 0.0663. The average molecular weight is 199 g/mol. The van der Waals surface area contributed by atoms with Crippen molar-refractivity contribution >= 4 is 10.9 Å². The van der Waals surface area contributed by atoms with Gasteiger partial charge in [-0.05, 0) is 43.4 Å². The topological polar surface area (TPSA) is 32.9 Å². The summed E-state index contributed by atoms with van der Waals surface area (Å²) in [5, 5.41) is 1.29. The second kappa shape index (κ2) is 2.96. The predicted octanol–water partition coefficient (Wildman–Crippen LogP) is 2.33. The monoisotopic (exact) mass is 199 g/mol. The molecule has 2 nitrogen and oxygen atoms in total. The number of pyridine rings is 1. The van der Waals surface area contributed by atoms with Gasteiger partial charge >= 0.3 is 0 Å². The molecule has 0 spiro atoms. The van der Waals surface area contributed by atoms with Gasteiger partial charge in [0.05, 0.1) is 0 Å². The van der Waals surface area contributed by atoms with Gasteiger partial charge in [0.15, 0.2) is 0 Å². The first-order chi connectivity index (χ1) is 7.27. The van der Waals surface area contributed by atoms with Crippen molar-refractivity contribution in [3.63, 3.8) is 0 Å². The van der Waals surface area contributed by atoms with Crippen molar-refractivity contribution in [1.82, 2.24) is 4.98 Å². The van der Waals surface area contributed by atoms with Crippen LogP contribution in [0.15, 0.2) is 23.0 Å². The molecule has 15 heavy (non-hydrogen) atoms. The predicted molar refractivity (Wildman–Crippen MR) is 61.3 cm³/mol. The van der Waals surface area contributed by atoms with Crippen molar-refractivity contribution in [1.29, 1.82) is 0 Å². The van der Waals surface area contributed by atoms with Crippen LogP contribution in [0.5, 0.6) is 0 Å². The highest BCUT2D eigenvalue weighted by molar-refractivity contribution is 5.87. The molecule has 0 amide bonds. The van der Waals surface area contributed by atoms with Gasteiger partial charge in [0.2, 0.25) is 0 Å². The van der Waals surface area contributed by atoms with Crippen LogP contribution in [0, 0.1) is 6.92 Å². The largest absolute Gasteiger partial charge is 0.322 e. The van der Waals surface area contributed by atoms with E-state index in [1.165, 1.54) is 16.5 Å². The average Bonchev–Trinajstić information content (AvgIpc) is 2.26. The molecule has 0 unspecified atom stereocenters. The van der Waals surface area contributed by atoms with Gasteiger partial charge in [-0.3, -0.25) is 4.79 Å². The van der Waals surface area contributed by atoms with Crippen molar-refractivity contribution in [3.05, 3.63) is 45.2 Å². The Labute approximate surface area is 87.9 Å². The van der Waals surface area contributed by atoms with Gasteiger partial charge in [-0.25, -0.2) is 0 Å². The summed E-state index contributed by atoms with van der Waals surface area (Å²) in [6, 6.07) is 6.19. The zero-order valence-corrected chi connectivity index (χ0v) is 8.76. The van der Waals surface area contributed by atoms with Crippen molar-refractivity contribution in [2.24, 2.45) is 0 Å². The molecule has 2 aromatic rings. The van der Waals surface area contributed by atoms with Crippen LogP contribution in [-0.4, -0.2) is 4.98 Å². The van der Waals surface area contributed by atoms with Gasteiger partial charge in [-0.15, -0.1) is 0 Å². The highest BCUT2D eigenvalue weighted by Gasteiger charge is 2.15. The van der Waals surface area contributed by atoms with E-state index < -0.39 is 0 Å². The fourth-order valence-electron chi connectivity index (χ4n) is 2.58. The Morgan fingerprint density at radius 1 is 1.27 bits per heavy atom. The number of nitrogens with one attached hydrogen (secondary N) is 1. The quantitative estimate of drug-likeness (QED) is 0.694. The summed E-state index contributed by atoms with van der Waals surface area (Å²) in [5.74, 6) is 0. The summed E-state index contributed by atoms with van der Waals surface area (Å²) < 4.78 is 0. The molecule has 1 aromatic heterocycles. The maximum atomic E-state index is 11.7. The first-order valence-corrected chi connectivity index (χ1v) is 5.41. The fourth-order valence-corrected chi connectivity index (χ4v) is 2.58. The van der Waals surface area contributed by atoms with E-state index in [9.17, 15) is 4.79 Å². The standard InChI is InChI=1S/C13H13NO/c1-8-10-6-2-4-9-5-3-7-11(12(9)10)14-13(8)15/h3,5,7H,2,4,6H2,1H3,(H,14,15). The number of hydrogen-bond acceptors (Lipinski definition) is 1. The van der Waals surface area contributed by atoms with E-state index in [2.05, 4.69) is 11.1 Å². The Kier molecular flexibility index (Phi) is 1.72. The molecule has 3 rings (SSSR count). The van der Waals surface area contributed by atoms with Crippen LogP contribution in [-0.2, 0) is 12.8 Å². The second-order valence-electron chi connectivity index (χ2n) is 4.25. The van der Waals surface area contributed by atoms with Crippen LogP contribution in [0.1, 0.15) is 23.1 Å². The van der Waals surface area contributed by atoms with Gasteiger partial charge < -0.3 is 4.98 Å². The second-order valence-corrected chi connectivity index (χ2v) is 4.25. The van der Waals surface area contributed by atoms with Gasteiger partial charge in [0, 0.05) is 16.5 Å². The van der Waals surface area contributed by atoms with Crippen LogP contribution in [0.25, 0.3) is 10.9 Å². The number of aromatic nitrogens is 1. The zero-order chi connectivity index (χ0) is 10.4. The summed E-state index contributed by atoms with van der Waals surface area (Å²) in [6.07, 6.45) is 3.34. The van der Waals surface area contributed by atoms with Gasteiger partial charge in [-0.1, -0.05) is 12.1 Å². The maximum absolute atomic E-state index is 11.7. The smallest absolute Gasteiger partial charge is 0.251 e. The molecule has 1 aliphatic carbocycles. The zero-order valence-electron chi connectivity index (χ0n) is 8.76. The minimum Gasteiger partial charge on any atom is -0.322 e. The molecule has 1 aliphatic rings. The Balaban J connectivity index is 2.57. The van der Waals surface area contributed by atoms with Crippen LogP contribution in [0.3, 0.4) is 0 Å². The Bertz CT molecular complexity index is 595. The van der Waals surface area contributed by atoms with Gasteiger partial charge in [0.1, 0.15) is 0 Å². The molecule has 1 heterocycles. The lowest BCUT2D eigenvalue weighted by molar-refractivity contribution is 0.799. The number of benzene rings is 1. The minimum absolute atomic E-state index is 0.0663. The molecule has 0 atom stereocenters. The van der Waals surface area contributed by atoms with E-state index in [1.54, 1.807) is 0 Å². The number of aryl methyl sites for hydroxylation is 2. The van der Waals surface area contributed by atoms with E-state index in [0.717, 1.165) is 30.3 Å². The molecule has 0 saturated heterocycles. The molecule has 0 fully saturated rings. The third-order valence-corrected chi connectivity index (χ3v) is 3.37. The molecule has 0 aliphatic heterocycles. The molecular formula is C13H13NO. The van der Waals surface area contributed by atoms with E-state index in [1.807, 2.05) is 19.1 Å². The van der Waals surface area contributed by atoms with Crippen LogP contribution in [0.2, 0.25) is 0 Å². The molecular weight excluding hydrogens is 186 g/mol. The number of H-pyrrole nitrogens is 1. The first kappa shape index (κ1) is 8.72. The van der Waals surface area contributed by atoms with Crippen molar-refractivity contribution < 1.29 is 0 Å². The molecule has 0 radical (unpaired) electrons. The molecule has 76 valence electrons. The first-order valence-electron chi connectivity index (χ1n) is 5.41. The van der Waals surface area contributed by atoms with Crippen molar-refractivity contribution in [3.8, 4) is 0 Å². The normalized spacial score (nSPS) is 14.5. The van der Waals surface area contributed by atoms with Gasteiger partial charge in [0.25, 0.3) is 5.56 Å². The van der Waals surface area contributed by atoms with Crippen molar-refractivity contribution in [2.45, 2.75) is 26.2 Å². The molecule has 2 heteroatoms. The lowest BCUT2D eigenvalue weighted by Gasteiger charge is -2.18. The van der Waals surface area contributed by atoms with Crippen LogP contribution in [0.4, 0.5) is 0 Å². The van der Waals surface area contributed by atoms with E-state index in [0.29, 0.717) is 0 Å². The van der Waals surface area contributed by atoms with Crippen LogP contribution >= 0.6 is 0 Å². The highest BCUT2D eigenvalue weighted by atomic mass is 16.1. The van der Waals surface area contributed by atoms with E-state index >= 15 is 0 Å². The van der Waals surface area contributed by atoms with Crippen LogP contribution < -0.4 is 5.56 Å². The van der Waals surface area contributed by atoms with Crippen molar-refractivity contribution in [2.75, 3.05) is 0 Å². The lowest BCUT2D eigenvalue weighted by atomic mass is 9.88. The summed E-state index contributed by atoms with van der Waals surface area (Å²) in [7, 11) is 0. The SMILES string of the molecule is Cc1c2c3c(cccc3[nH]c1=O)CCC2. The fraction of sp³-hybridized carbons (Fsp3) is 0.308. The molecule has 1 aromatic carbocycles. The summed E-state index contributed by atoms with van der Waals surface area (Å²) in [6.45, 7) is 1.93. The molecule has 1 N–H and O–H groups in total. The summed E-state index contributed by atoms with van der Waals surface area (Å²) in [5.41, 5.74) is 4.60. The summed E-state index contributed by atoms with van der Waals surface area (Å²) >= 11 is 0. The molecule has 0 saturated carbocycles. The van der Waals surface area contributed by atoms with E-state index in [4.69, 9.17) is 0 Å².